The summed E-state index contributed by atoms with van der Waals surface area (Å²) in [5.41, 5.74) is -2.37. The largest absolute Gasteiger partial charge is 0.477 e. The summed E-state index contributed by atoms with van der Waals surface area (Å²) in [5.74, 6) is -2.52. The second-order valence-corrected chi connectivity index (χ2v) is 7.24. The van der Waals surface area contributed by atoms with E-state index in [0.29, 0.717) is 19.7 Å². The van der Waals surface area contributed by atoms with Crippen LogP contribution in [0, 0.1) is 17.1 Å². The van der Waals surface area contributed by atoms with Gasteiger partial charge in [0.2, 0.25) is 5.43 Å². The summed E-state index contributed by atoms with van der Waals surface area (Å²) in [6.07, 6.45) is -4.15. The molecule has 2 aromatic rings. The number of anilines is 1. The third-order valence-electron chi connectivity index (χ3n) is 5.56. The number of ether oxygens (including phenoxy) is 1. The molecule has 3 aliphatic rings. The number of fused-ring (bicyclic) bond motifs is 2. The van der Waals surface area contributed by atoms with E-state index in [9.17, 15) is 20.0 Å². The van der Waals surface area contributed by atoms with E-state index in [1.165, 1.54) is 0 Å². The first-order valence-corrected chi connectivity index (χ1v) is 9.15. The Morgan fingerprint density at radius 2 is 2.20 bits per heavy atom. The molecule has 1 aromatic carbocycles. The predicted molar refractivity (Wildman–Crippen MR) is 109 cm³/mol. The Morgan fingerprint density at radius 3 is 2.83 bits per heavy atom. The summed E-state index contributed by atoms with van der Waals surface area (Å²) < 4.78 is 54.1. The zero-order chi connectivity index (χ0) is 23.9. The summed E-state index contributed by atoms with van der Waals surface area (Å²) in [6.45, 7) is 1.72. The minimum absolute atomic E-state index is 0. The minimum atomic E-state index is -2.38. The normalized spacial score (nSPS) is 28.3. The molecule has 5 rings (SSSR count). The lowest BCUT2D eigenvalue weighted by Crippen LogP contribution is -2.47. The van der Waals surface area contributed by atoms with Gasteiger partial charge < -0.3 is 24.6 Å². The average Bonchev–Trinajstić information content (AvgIpc) is 3.04. The van der Waals surface area contributed by atoms with Crippen LogP contribution in [0.4, 0.5) is 10.1 Å². The number of carboxylic acids is 1. The maximum absolute atomic E-state index is 15.4. The number of halogens is 2. The van der Waals surface area contributed by atoms with E-state index in [4.69, 9.17) is 10.2 Å². The molecule has 10 heteroatoms. The SMILES string of the molecule is Cl.[2H]C1([2H])C(n2cc(C(=O)O)c(=O)c3cc(F)c(N4C[C@@H]5NCCO[C@H]5C4)c(C#N)c32)C1([2H])[2H]. The highest BCUT2D eigenvalue weighted by molar-refractivity contribution is 5.96. The van der Waals surface area contributed by atoms with Crippen LogP contribution in [0.15, 0.2) is 17.1 Å². The minimum Gasteiger partial charge on any atom is -0.477 e. The number of benzene rings is 1. The van der Waals surface area contributed by atoms with Gasteiger partial charge in [-0.1, -0.05) is 0 Å². The lowest BCUT2D eigenvalue weighted by atomic mass is 10.0. The number of pyridine rings is 1. The average molecular weight is 439 g/mol. The van der Waals surface area contributed by atoms with Gasteiger partial charge in [-0.2, -0.15) is 5.26 Å². The van der Waals surface area contributed by atoms with Crippen molar-refractivity contribution in [3.05, 3.63) is 39.4 Å². The third kappa shape index (κ3) is 3.12. The maximum Gasteiger partial charge on any atom is 0.341 e. The Morgan fingerprint density at radius 1 is 1.43 bits per heavy atom. The molecule has 158 valence electrons. The number of hydrogen-bond acceptors (Lipinski definition) is 6. The van der Waals surface area contributed by atoms with Gasteiger partial charge in [-0.3, -0.25) is 4.79 Å². The zero-order valence-corrected chi connectivity index (χ0v) is 16.3. The van der Waals surface area contributed by atoms with Gasteiger partial charge in [0, 0.05) is 37.4 Å². The molecule has 1 saturated carbocycles. The van der Waals surface area contributed by atoms with Crippen LogP contribution in [-0.2, 0) is 4.74 Å². The molecular formula is C20H20ClFN4O4. The summed E-state index contributed by atoms with van der Waals surface area (Å²) in [7, 11) is 0. The number of morpholine rings is 1. The Hall–Kier alpha value is -2.67. The highest BCUT2D eigenvalue weighted by Crippen LogP contribution is 2.40. The van der Waals surface area contributed by atoms with Crippen molar-refractivity contribution in [2.24, 2.45) is 0 Å². The van der Waals surface area contributed by atoms with Crippen LogP contribution in [0.5, 0.6) is 0 Å². The topological polar surface area (TPSA) is 108 Å². The number of nitriles is 1. The van der Waals surface area contributed by atoms with Crippen molar-refractivity contribution in [3.63, 3.8) is 0 Å². The Balaban J connectivity index is 0.00000274. The number of nitrogens with one attached hydrogen (secondary N) is 1. The van der Waals surface area contributed by atoms with Crippen molar-refractivity contribution >= 4 is 35.0 Å². The molecule has 3 fully saturated rings. The summed E-state index contributed by atoms with van der Waals surface area (Å²) in [6, 6.07) is 1.15. The van der Waals surface area contributed by atoms with Crippen molar-refractivity contribution < 1.29 is 24.5 Å². The lowest BCUT2D eigenvalue weighted by molar-refractivity contribution is 0.0212. The molecule has 0 unspecified atom stereocenters. The monoisotopic (exact) mass is 438 g/mol. The molecule has 0 amide bonds. The van der Waals surface area contributed by atoms with Crippen molar-refractivity contribution in [1.82, 2.24) is 9.88 Å². The first-order valence-electron chi connectivity index (χ1n) is 11.2. The molecule has 2 N–H and O–H groups in total. The molecule has 2 aliphatic heterocycles. The Labute approximate surface area is 182 Å². The van der Waals surface area contributed by atoms with Gasteiger partial charge in [0.05, 0.1) is 35.3 Å². The highest BCUT2D eigenvalue weighted by atomic mass is 35.5. The highest BCUT2D eigenvalue weighted by Gasteiger charge is 2.38. The van der Waals surface area contributed by atoms with Crippen LogP contribution in [-0.4, -0.2) is 54.0 Å². The van der Waals surface area contributed by atoms with Gasteiger partial charge >= 0.3 is 5.97 Å². The van der Waals surface area contributed by atoms with E-state index in [1.54, 1.807) is 4.90 Å². The molecule has 0 spiro atoms. The molecule has 8 nitrogen and oxygen atoms in total. The molecule has 0 radical (unpaired) electrons. The first kappa shape index (κ1) is 16.1. The predicted octanol–water partition coefficient (Wildman–Crippen LogP) is 1.64. The van der Waals surface area contributed by atoms with Crippen LogP contribution in [0.1, 0.15) is 40.2 Å². The molecule has 3 heterocycles. The number of rotatable bonds is 3. The quantitative estimate of drug-likeness (QED) is 0.750. The van der Waals surface area contributed by atoms with E-state index in [0.717, 1.165) is 16.8 Å². The van der Waals surface area contributed by atoms with E-state index in [-0.39, 0.29) is 47.9 Å². The number of aromatic nitrogens is 1. The Kier molecular flexibility index (Phi) is 4.04. The lowest BCUT2D eigenvalue weighted by Gasteiger charge is -2.25. The molecular weight excluding hydrogens is 415 g/mol. The van der Waals surface area contributed by atoms with Gasteiger partial charge in [0.15, 0.2) is 0 Å². The first-order chi connectivity index (χ1) is 15.5. The fourth-order valence-corrected chi connectivity index (χ4v) is 4.20. The fourth-order valence-electron chi connectivity index (χ4n) is 4.20. The number of carboxylic acid groups (broad SMARTS) is 1. The van der Waals surface area contributed by atoms with E-state index in [1.807, 2.05) is 6.07 Å². The number of carbonyl (C=O) groups is 1. The molecule has 1 aromatic heterocycles. The van der Waals surface area contributed by atoms with Gasteiger partial charge in [-0.05, 0) is 18.8 Å². The van der Waals surface area contributed by atoms with Gasteiger partial charge in [-0.25, -0.2) is 9.18 Å². The smallest absolute Gasteiger partial charge is 0.341 e. The Bertz CT molecular complexity index is 1290. The van der Waals surface area contributed by atoms with E-state index < -0.39 is 47.0 Å². The van der Waals surface area contributed by atoms with Crippen molar-refractivity contribution in [2.75, 3.05) is 31.1 Å². The number of hydrogen-bond donors (Lipinski definition) is 2. The van der Waals surface area contributed by atoms with Gasteiger partial charge in [0.1, 0.15) is 23.0 Å². The molecule has 1 aliphatic carbocycles. The molecule has 2 saturated heterocycles. The molecule has 30 heavy (non-hydrogen) atoms. The van der Waals surface area contributed by atoms with Crippen molar-refractivity contribution in [1.29, 1.82) is 5.26 Å². The molecule has 0 bridgehead atoms. The number of nitrogens with zero attached hydrogens (tertiary/aromatic N) is 3. The second kappa shape index (κ2) is 7.54. The van der Waals surface area contributed by atoms with Gasteiger partial charge in [0.25, 0.3) is 0 Å². The summed E-state index contributed by atoms with van der Waals surface area (Å²) in [4.78, 5) is 26.1. The van der Waals surface area contributed by atoms with Gasteiger partial charge in [-0.15, -0.1) is 12.4 Å². The zero-order valence-electron chi connectivity index (χ0n) is 19.5. The molecule has 2 atom stereocenters. The van der Waals surface area contributed by atoms with Crippen LogP contribution in [0.3, 0.4) is 0 Å². The fraction of sp³-hybridized carbons (Fsp3) is 0.450. The van der Waals surface area contributed by atoms with E-state index >= 15 is 4.39 Å². The van der Waals surface area contributed by atoms with Crippen LogP contribution in [0.2, 0.25) is 0 Å². The van der Waals surface area contributed by atoms with Crippen molar-refractivity contribution in [3.8, 4) is 6.07 Å². The third-order valence-corrected chi connectivity index (χ3v) is 5.56. The van der Waals surface area contributed by atoms with Crippen molar-refractivity contribution in [2.45, 2.75) is 30.9 Å². The standard InChI is InChI=1S/C20H19FN4O4.ClH/c21-14-5-11-17(25(10-1-2-10)7-13(19(11)26)20(27)28)12(6-22)18(14)24-8-15-16(9-24)29-4-3-23-15;/h5,7,10,15-16,23H,1-4,8-9H2,(H,27,28);1H/t15-,16-;/m0./s1/i1D2,2D2;. The summed E-state index contributed by atoms with van der Waals surface area (Å²) in [5, 5.41) is 22.3. The summed E-state index contributed by atoms with van der Waals surface area (Å²) >= 11 is 0. The number of aromatic carboxylic acids is 1. The van der Waals surface area contributed by atoms with Crippen LogP contribution < -0.4 is 15.6 Å². The van der Waals surface area contributed by atoms with E-state index in [2.05, 4.69) is 5.32 Å². The maximum atomic E-state index is 15.4. The van der Waals surface area contributed by atoms with Crippen LogP contribution >= 0.6 is 12.4 Å². The van der Waals surface area contributed by atoms with Crippen LogP contribution in [0.25, 0.3) is 10.9 Å². The second-order valence-electron chi connectivity index (χ2n) is 7.24.